The Hall–Kier alpha value is -1.39. The number of pyridine rings is 1. The Morgan fingerprint density at radius 3 is 2.82 bits per heavy atom. The lowest BCUT2D eigenvalue weighted by Crippen LogP contribution is -2.32. The summed E-state index contributed by atoms with van der Waals surface area (Å²) < 4.78 is 1.80. The highest BCUT2D eigenvalue weighted by molar-refractivity contribution is 6.30. The van der Waals surface area contributed by atoms with Crippen LogP contribution in [0.3, 0.4) is 0 Å². The third kappa shape index (κ3) is 2.65. The summed E-state index contributed by atoms with van der Waals surface area (Å²) in [6.45, 7) is 2.05. The van der Waals surface area contributed by atoms with Crippen molar-refractivity contribution < 1.29 is 0 Å². The fourth-order valence-corrected chi connectivity index (χ4v) is 1.98. The van der Waals surface area contributed by atoms with Crippen molar-refractivity contribution >= 4 is 11.6 Å². The van der Waals surface area contributed by atoms with Crippen molar-refractivity contribution in [3.05, 3.63) is 47.5 Å². The zero-order valence-corrected chi connectivity index (χ0v) is 10.4. The molecule has 2 unspecified atom stereocenters. The van der Waals surface area contributed by atoms with E-state index in [0.29, 0.717) is 5.02 Å². The summed E-state index contributed by atoms with van der Waals surface area (Å²) in [5, 5.41) is 4.85. The molecule has 0 aliphatic heterocycles. The van der Waals surface area contributed by atoms with E-state index in [0.717, 1.165) is 12.0 Å². The van der Waals surface area contributed by atoms with Crippen molar-refractivity contribution in [2.24, 2.45) is 5.73 Å². The highest BCUT2D eigenvalue weighted by atomic mass is 35.5. The number of aromatic nitrogens is 3. The Bertz CT molecular complexity index is 468. The molecule has 0 bridgehead atoms. The molecule has 90 valence electrons. The van der Waals surface area contributed by atoms with E-state index in [1.165, 1.54) is 0 Å². The molecular formula is C12H15ClN4. The second-order valence-electron chi connectivity index (χ2n) is 3.94. The van der Waals surface area contributed by atoms with E-state index in [2.05, 4.69) is 17.0 Å². The molecule has 0 spiro atoms. The topological polar surface area (TPSA) is 56.7 Å². The second-order valence-corrected chi connectivity index (χ2v) is 4.38. The molecule has 17 heavy (non-hydrogen) atoms. The van der Waals surface area contributed by atoms with Gasteiger partial charge in [-0.2, -0.15) is 5.10 Å². The van der Waals surface area contributed by atoms with Crippen molar-refractivity contribution in [2.45, 2.75) is 25.4 Å². The van der Waals surface area contributed by atoms with E-state index in [9.17, 15) is 0 Å². The van der Waals surface area contributed by atoms with E-state index in [-0.39, 0.29) is 12.1 Å². The van der Waals surface area contributed by atoms with Gasteiger partial charge < -0.3 is 5.73 Å². The predicted molar refractivity (Wildman–Crippen MR) is 67.9 cm³/mol. The molecular weight excluding hydrogens is 236 g/mol. The lowest BCUT2D eigenvalue weighted by atomic mass is 10.00. The Labute approximate surface area is 105 Å². The van der Waals surface area contributed by atoms with Crippen molar-refractivity contribution in [2.75, 3.05) is 0 Å². The molecule has 2 N–H and O–H groups in total. The standard InChI is InChI=1S/C12H15ClN4/c1-2-11(14)12(9-4-3-5-15-6-9)17-8-10(13)7-16-17/h3-8,11-12H,2,14H2,1H3. The van der Waals surface area contributed by atoms with Gasteiger partial charge in [-0.15, -0.1) is 0 Å². The Kier molecular flexibility index (Phi) is 3.76. The van der Waals surface area contributed by atoms with Crippen LogP contribution in [0.15, 0.2) is 36.9 Å². The van der Waals surface area contributed by atoms with Gasteiger partial charge in [-0.1, -0.05) is 24.6 Å². The first-order valence-corrected chi connectivity index (χ1v) is 5.95. The SMILES string of the molecule is CCC(N)C(c1cccnc1)n1cc(Cl)cn1. The number of nitrogens with two attached hydrogens (primary N) is 1. The van der Waals surface area contributed by atoms with Crippen molar-refractivity contribution in [1.82, 2.24) is 14.8 Å². The van der Waals surface area contributed by atoms with Crippen LogP contribution in [0, 0.1) is 0 Å². The monoisotopic (exact) mass is 250 g/mol. The van der Waals surface area contributed by atoms with Gasteiger partial charge in [0.05, 0.1) is 17.3 Å². The molecule has 2 aromatic heterocycles. The fourth-order valence-electron chi connectivity index (χ4n) is 1.84. The molecule has 0 amide bonds. The van der Waals surface area contributed by atoms with E-state index in [4.69, 9.17) is 17.3 Å². The third-order valence-electron chi connectivity index (χ3n) is 2.76. The lowest BCUT2D eigenvalue weighted by molar-refractivity contribution is 0.423. The van der Waals surface area contributed by atoms with Crippen molar-refractivity contribution in [3.8, 4) is 0 Å². The summed E-state index contributed by atoms with van der Waals surface area (Å²) >= 11 is 5.90. The number of hydrogen-bond acceptors (Lipinski definition) is 3. The second kappa shape index (κ2) is 5.29. The van der Waals surface area contributed by atoms with Gasteiger partial charge in [0.25, 0.3) is 0 Å². The summed E-state index contributed by atoms with van der Waals surface area (Å²) in [4.78, 5) is 4.12. The van der Waals surface area contributed by atoms with E-state index >= 15 is 0 Å². The molecule has 2 atom stereocenters. The van der Waals surface area contributed by atoms with Crippen LogP contribution in [0.5, 0.6) is 0 Å². The first-order chi connectivity index (χ1) is 8.22. The zero-order chi connectivity index (χ0) is 12.3. The number of hydrogen-bond donors (Lipinski definition) is 1. The number of nitrogens with zero attached hydrogens (tertiary/aromatic N) is 3. The van der Waals surface area contributed by atoms with Crippen LogP contribution >= 0.6 is 11.6 Å². The highest BCUT2D eigenvalue weighted by Gasteiger charge is 2.21. The van der Waals surface area contributed by atoms with Crippen LogP contribution < -0.4 is 5.73 Å². The summed E-state index contributed by atoms with van der Waals surface area (Å²) in [7, 11) is 0. The van der Waals surface area contributed by atoms with Gasteiger partial charge in [-0.3, -0.25) is 9.67 Å². The molecule has 4 nitrogen and oxygen atoms in total. The molecule has 0 aromatic carbocycles. The normalized spacial score (nSPS) is 14.5. The Balaban J connectivity index is 2.39. The van der Waals surface area contributed by atoms with Crippen LogP contribution in [-0.2, 0) is 0 Å². The molecule has 2 aromatic rings. The maximum absolute atomic E-state index is 6.16. The molecule has 2 rings (SSSR count). The van der Waals surface area contributed by atoms with Crippen LogP contribution in [-0.4, -0.2) is 20.8 Å². The maximum atomic E-state index is 6.16. The minimum atomic E-state index is -0.0267. The van der Waals surface area contributed by atoms with Gasteiger partial charge in [-0.05, 0) is 18.1 Å². The van der Waals surface area contributed by atoms with Crippen LogP contribution in [0.4, 0.5) is 0 Å². The van der Waals surface area contributed by atoms with Gasteiger partial charge >= 0.3 is 0 Å². The van der Waals surface area contributed by atoms with Gasteiger partial charge in [0, 0.05) is 24.6 Å². The predicted octanol–water partition coefficient (Wildman–Crippen LogP) is 2.26. The Morgan fingerprint density at radius 1 is 1.47 bits per heavy atom. The number of halogens is 1. The van der Waals surface area contributed by atoms with Crippen LogP contribution in [0.25, 0.3) is 0 Å². The van der Waals surface area contributed by atoms with Crippen LogP contribution in [0.1, 0.15) is 24.9 Å². The molecule has 0 aliphatic carbocycles. The van der Waals surface area contributed by atoms with Gasteiger partial charge in [-0.25, -0.2) is 0 Å². The third-order valence-corrected chi connectivity index (χ3v) is 2.95. The van der Waals surface area contributed by atoms with E-state index in [1.54, 1.807) is 23.3 Å². The summed E-state index contributed by atoms with van der Waals surface area (Å²) in [5.41, 5.74) is 7.20. The lowest BCUT2D eigenvalue weighted by Gasteiger charge is -2.23. The Morgan fingerprint density at radius 2 is 2.29 bits per heavy atom. The molecule has 5 heteroatoms. The highest BCUT2D eigenvalue weighted by Crippen LogP contribution is 2.22. The van der Waals surface area contributed by atoms with E-state index < -0.39 is 0 Å². The summed E-state index contributed by atoms with van der Waals surface area (Å²) in [6, 6.07) is 3.86. The smallest absolute Gasteiger partial charge is 0.0934 e. The first-order valence-electron chi connectivity index (χ1n) is 5.57. The average Bonchev–Trinajstić information content (AvgIpc) is 2.77. The molecule has 0 fully saturated rings. The summed E-state index contributed by atoms with van der Waals surface area (Å²) in [5.74, 6) is 0. The molecule has 0 aliphatic rings. The summed E-state index contributed by atoms with van der Waals surface area (Å²) in [6.07, 6.45) is 7.82. The average molecular weight is 251 g/mol. The van der Waals surface area contributed by atoms with Crippen molar-refractivity contribution in [3.63, 3.8) is 0 Å². The minimum absolute atomic E-state index is 0.0184. The van der Waals surface area contributed by atoms with Crippen molar-refractivity contribution in [1.29, 1.82) is 0 Å². The molecule has 0 saturated carbocycles. The van der Waals surface area contributed by atoms with Gasteiger partial charge in [0.2, 0.25) is 0 Å². The molecule has 0 radical (unpaired) electrons. The maximum Gasteiger partial charge on any atom is 0.0934 e. The minimum Gasteiger partial charge on any atom is -0.326 e. The quantitative estimate of drug-likeness (QED) is 0.906. The number of rotatable bonds is 4. The van der Waals surface area contributed by atoms with E-state index in [1.807, 2.05) is 18.3 Å². The molecule has 0 saturated heterocycles. The van der Waals surface area contributed by atoms with Crippen LogP contribution in [0.2, 0.25) is 5.02 Å². The first kappa shape index (κ1) is 12.1. The van der Waals surface area contributed by atoms with Gasteiger partial charge in [0.1, 0.15) is 0 Å². The molecule has 2 heterocycles. The fraction of sp³-hybridized carbons (Fsp3) is 0.333. The largest absolute Gasteiger partial charge is 0.326 e. The zero-order valence-electron chi connectivity index (χ0n) is 9.62. The van der Waals surface area contributed by atoms with Gasteiger partial charge in [0.15, 0.2) is 0 Å².